The molecule has 0 radical (unpaired) electrons. The molecule has 1 aliphatic rings. The van der Waals surface area contributed by atoms with E-state index in [0.29, 0.717) is 24.1 Å². The Morgan fingerprint density at radius 2 is 1.78 bits per heavy atom. The molecular formula is C30H38N2O3S. The second-order valence-corrected chi connectivity index (χ2v) is 12.0. The van der Waals surface area contributed by atoms with E-state index in [4.69, 9.17) is 0 Å². The number of nitrogens with one attached hydrogen (secondary N) is 2. The van der Waals surface area contributed by atoms with Gasteiger partial charge in [0, 0.05) is 11.9 Å². The van der Waals surface area contributed by atoms with Crippen molar-refractivity contribution >= 4 is 32.4 Å². The van der Waals surface area contributed by atoms with E-state index in [1.807, 2.05) is 37.3 Å². The van der Waals surface area contributed by atoms with Crippen molar-refractivity contribution in [2.75, 3.05) is 17.0 Å². The van der Waals surface area contributed by atoms with E-state index in [0.717, 1.165) is 41.5 Å². The molecule has 3 aromatic rings. The molecule has 1 amide bonds. The minimum atomic E-state index is -3.80. The minimum Gasteiger partial charge on any atom is -0.355 e. The van der Waals surface area contributed by atoms with Gasteiger partial charge in [0.25, 0.3) is 0 Å². The fourth-order valence-electron chi connectivity index (χ4n) is 5.42. The topological polar surface area (TPSA) is 75.3 Å². The number of hydrogen-bond acceptors (Lipinski definition) is 3. The molecule has 1 fully saturated rings. The lowest BCUT2D eigenvalue weighted by Gasteiger charge is -2.38. The maximum absolute atomic E-state index is 12.7. The Morgan fingerprint density at radius 1 is 1.00 bits per heavy atom. The molecule has 0 aliphatic heterocycles. The van der Waals surface area contributed by atoms with Crippen LogP contribution in [0.25, 0.3) is 10.8 Å². The number of anilines is 1. The molecule has 0 aromatic heterocycles. The number of carbonyl (C=O) groups excluding carboxylic acids is 1. The van der Waals surface area contributed by atoms with Crippen molar-refractivity contribution in [3.63, 3.8) is 0 Å². The van der Waals surface area contributed by atoms with Crippen LogP contribution in [0, 0.1) is 18.8 Å². The van der Waals surface area contributed by atoms with Gasteiger partial charge in [0.1, 0.15) is 5.75 Å². The van der Waals surface area contributed by atoms with E-state index in [1.165, 1.54) is 24.8 Å². The van der Waals surface area contributed by atoms with Gasteiger partial charge in [-0.15, -0.1) is 0 Å². The molecule has 5 nitrogen and oxygen atoms in total. The van der Waals surface area contributed by atoms with E-state index in [1.54, 1.807) is 6.07 Å². The van der Waals surface area contributed by atoms with Crippen molar-refractivity contribution in [3.8, 4) is 0 Å². The van der Waals surface area contributed by atoms with Gasteiger partial charge in [0.05, 0.1) is 5.69 Å². The second-order valence-electron chi connectivity index (χ2n) is 10.3. The molecular weight excluding hydrogens is 468 g/mol. The molecule has 0 bridgehead atoms. The number of benzene rings is 3. The number of fused-ring (bicyclic) bond motifs is 1. The molecule has 2 atom stereocenters. The summed E-state index contributed by atoms with van der Waals surface area (Å²) in [5.41, 5.74) is 3.01. The van der Waals surface area contributed by atoms with Crippen LogP contribution in [0.15, 0.2) is 66.7 Å². The van der Waals surface area contributed by atoms with Crippen LogP contribution in [0.5, 0.6) is 0 Å². The molecule has 0 spiro atoms. The van der Waals surface area contributed by atoms with Crippen LogP contribution in [0.1, 0.15) is 62.5 Å². The normalized spacial score (nSPS) is 15.7. The van der Waals surface area contributed by atoms with E-state index in [9.17, 15) is 13.2 Å². The summed E-state index contributed by atoms with van der Waals surface area (Å²) >= 11 is 0. The van der Waals surface area contributed by atoms with E-state index >= 15 is 0 Å². The Labute approximate surface area is 215 Å². The van der Waals surface area contributed by atoms with Crippen molar-refractivity contribution in [1.82, 2.24) is 5.32 Å². The largest absolute Gasteiger partial charge is 0.355 e. The third-order valence-corrected chi connectivity index (χ3v) is 8.80. The SMILES string of the molecule is Cc1ccc2c(NS(=O)(=O)CC(=O)NCCCCC(C3CCC3)C(C)c3ccccc3)cccc2c1. The third-order valence-electron chi connectivity index (χ3n) is 7.63. The Kier molecular flexibility index (Phi) is 8.68. The Morgan fingerprint density at radius 3 is 2.50 bits per heavy atom. The average molecular weight is 507 g/mol. The number of rotatable bonds is 12. The van der Waals surface area contributed by atoms with Crippen LogP contribution in [-0.2, 0) is 14.8 Å². The lowest BCUT2D eigenvalue weighted by Crippen LogP contribution is -2.33. The predicted octanol–water partition coefficient (Wildman–Crippen LogP) is 6.40. The summed E-state index contributed by atoms with van der Waals surface area (Å²) in [6.07, 6.45) is 6.99. The maximum Gasteiger partial charge on any atom is 0.241 e. The zero-order valence-electron chi connectivity index (χ0n) is 21.4. The molecule has 0 heterocycles. The lowest BCUT2D eigenvalue weighted by atomic mass is 9.67. The van der Waals surface area contributed by atoms with Gasteiger partial charge in [-0.1, -0.05) is 98.8 Å². The highest BCUT2D eigenvalue weighted by molar-refractivity contribution is 7.93. The van der Waals surface area contributed by atoms with Crippen LogP contribution in [0.4, 0.5) is 5.69 Å². The van der Waals surface area contributed by atoms with Crippen molar-refractivity contribution in [2.24, 2.45) is 11.8 Å². The summed E-state index contributed by atoms with van der Waals surface area (Å²) in [4.78, 5) is 12.4. The molecule has 2 N–H and O–H groups in total. The van der Waals surface area contributed by atoms with Crippen molar-refractivity contribution < 1.29 is 13.2 Å². The number of unbranched alkanes of at least 4 members (excludes halogenated alkanes) is 1. The molecule has 1 saturated carbocycles. The molecule has 2 unspecified atom stereocenters. The van der Waals surface area contributed by atoms with Crippen LogP contribution < -0.4 is 10.0 Å². The van der Waals surface area contributed by atoms with Crippen LogP contribution >= 0.6 is 0 Å². The fourth-order valence-corrected chi connectivity index (χ4v) is 6.45. The summed E-state index contributed by atoms with van der Waals surface area (Å²) in [5, 5.41) is 4.58. The van der Waals surface area contributed by atoms with Gasteiger partial charge >= 0.3 is 0 Å². The summed E-state index contributed by atoms with van der Waals surface area (Å²) < 4.78 is 27.9. The smallest absolute Gasteiger partial charge is 0.241 e. The van der Waals surface area contributed by atoms with Crippen molar-refractivity contribution in [2.45, 2.75) is 58.3 Å². The van der Waals surface area contributed by atoms with Gasteiger partial charge in [0.15, 0.2) is 0 Å². The highest BCUT2D eigenvalue weighted by Crippen LogP contribution is 2.43. The molecule has 0 saturated heterocycles. The molecule has 192 valence electrons. The first-order chi connectivity index (χ1) is 17.3. The number of sulfonamides is 1. The van der Waals surface area contributed by atoms with Crippen LogP contribution in [0.3, 0.4) is 0 Å². The molecule has 4 rings (SSSR count). The monoisotopic (exact) mass is 506 g/mol. The lowest BCUT2D eigenvalue weighted by molar-refractivity contribution is -0.118. The first kappa shape index (κ1) is 26.2. The number of aryl methyl sites for hydroxylation is 1. The molecule has 3 aromatic carbocycles. The summed E-state index contributed by atoms with van der Waals surface area (Å²) in [6.45, 7) is 4.84. The van der Waals surface area contributed by atoms with Gasteiger partial charge in [-0.05, 0) is 54.5 Å². The highest BCUT2D eigenvalue weighted by atomic mass is 32.2. The highest BCUT2D eigenvalue weighted by Gasteiger charge is 2.31. The van der Waals surface area contributed by atoms with E-state index < -0.39 is 21.7 Å². The predicted molar refractivity (Wildman–Crippen MR) is 149 cm³/mol. The third kappa shape index (κ3) is 6.88. The van der Waals surface area contributed by atoms with Gasteiger partial charge < -0.3 is 5.32 Å². The molecule has 1 aliphatic carbocycles. The maximum atomic E-state index is 12.7. The fraction of sp³-hybridized carbons (Fsp3) is 0.433. The number of carbonyl (C=O) groups is 1. The van der Waals surface area contributed by atoms with Crippen molar-refractivity contribution in [1.29, 1.82) is 0 Å². The Hall–Kier alpha value is -2.86. The standard InChI is InChI=1S/C30H38N2O3S/c1-22-17-18-28-26(20-22)14-9-16-29(28)32-36(34,35)21-30(33)31-19-7-6-15-27(25-12-8-13-25)23(2)24-10-4-3-5-11-24/h3-5,9-11,14,16-18,20,23,25,27,32H,6-8,12-13,15,19,21H2,1-2H3,(H,31,33). The van der Waals surface area contributed by atoms with E-state index in [-0.39, 0.29) is 0 Å². The van der Waals surface area contributed by atoms with Gasteiger partial charge in [-0.25, -0.2) is 8.42 Å². The van der Waals surface area contributed by atoms with Crippen LogP contribution in [0.2, 0.25) is 0 Å². The van der Waals surface area contributed by atoms with Crippen molar-refractivity contribution in [3.05, 3.63) is 77.9 Å². The first-order valence-corrected chi connectivity index (χ1v) is 14.8. The average Bonchev–Trinajstić information content (AvgIpc) is 2.81. The second kappa shape index (κ2) is 11.9. The van der Waals surface area contributed by atoms with Crippen LogP contribution in [-0.4, -0.2) is 26.6 Å². The van der Waals surface area contributed by atoms with Gasteiger partial charge in [-0.2, -0.15) is 0 Å². The summed E-state index contributed by atoms with van der Waals surface area (Å²) in [5.74, 6) is 0.937. The number of amides is 1. The quantitative estimate of drug-likeness (QED) is 0.279. The molecule has 6 heteroatoms. The number of hydrogen-bond donors (Lipinski definition) is 2. The first-order valence-electron chi connectivity index (χ1n) is 13.1. The summed E-state index contributed by atoms with van der Waals surface area (Å²) in [6, 6.07) is 22.1. The van der Waals surface area contributed by atoms with Gasteiger partial charge in [-0.3, -0.25) is 9.52 Å². The zero-order valence-corrected chi connectivity index (χ0v) is 22.2. The molecule has 36 heavy (non-hydrogen) atoms. The Bertz CT molecular complexity index is 1270. The zero-order chi connectivity index (χ0) is 25.5. The Balaban J connectivity index is 1.23. The minimum absolute atomic E-state index is 0.466. The van der Waals surface area contributed by atoms with E-state index in [2.05, 4.69) is 47.3 Å². The van der Waals surface area contributed by atoms with Gasteiger partial charge in [0.2, 0.25) is 15.9 Å². The summed E-state index contributed by atoms with van der Waals surface area (Å²) in [7, 11) is -3.80.